The Bertz CT molecular complexity index is 1380. The SMILES string of the molecule is C=C(C)C(=O)OCC(C)(COc1ccc2cc(-c3ccc(CCCCC)cc3OC)n(CCCCC)c2c1)CC(F)(F)F. The van der Waals surface area contributed by atoms with E-state index in [1.165, 1.54) is 32.3 Å². The molecule has 1 unspecified atom stereocenters. The number of rotatable bonds is 17. The van der Waals surface area contributed by atoms with Crippen LogP contribution < -0.4 is 9.47 Å². The van der Waals surface area contributed by atoms with Gasteiger partial charge < -0.3 is 18.8 Å². The fourth-order valence-corrected chi connectivity index (χ4v) is 5.24. The Morgan fingerprint density at radius 3 is 2.33 bits per heavy atom. The normalized spacial score (nSPS) is 13.1. The molecule has 236 valence electrons. The molecule has 0 aliphatic carbocycles. The van der Waals surface area contributed by atoms with Crippen LogP contribution >= 0.6 is 0 Å². The molecule has 0 saturated heterocycles. The number of ether oxygens (including phenoxy) is 3. The summed E-state index contributed by atoms with van der Waals surface area (Å²) in [5.74, 6) is 0.542. The minimum atomic E-state index is -4.45. The molecule has 0 bridgehead atoms. The lowest BCUT2D eigenvalue weighted by Gasteiger charge is -2.30. The van der Waals surface area contributed by atoms with Crippen molar-refractivity contribution in [1.82, 2.24) is 4.57 Å². The second kappa shape index (κ2) is 15.3. The number of alkyl halides is 3. The number of hydrogen-bond acceptors (Lipinski definition) is 4. The van der Waals surface area contributed by atoms with Crippen LogP contribution in [0.15, 0.2) is 54.6 Å². The third-order valence-corrected chi connectivity index (χ3v) is 7.59. The molecule has 0 N–H and O–H groups in total. The van der Waals surface area contributed by atoms with E-state index in [2.05, 4.69) is 49.3 Å². The number of benzene rings is 2. The first-order valence-corrected chi connectivity index (χ1v) is 15.2. The number of methoxy groups -OCH3 is 1. The topological polar surface area (TPSA) is 49.7 Å². The summed E-state index contributed by atoms with van der Waals surface area (Å²) in [4.78, 5) is 11.9. The average Bonchev–Trinajstić information content (AvgIpc) is 3.31. The molecule has 1 atom stereocenters. The van der Waals surface area contributed by atoms with Gasteiger partial charge in [0.05, 0.1) is 31.3 Å². The van der Waals surface area contributed by atoms with E-state index in [9.17, 15) is 18.0 Å². The summed E-state index contributed by atoms with van der Waals surface area (Å²) in [7, 11) is 1.69. The average molecular weight is 602 g/mol. The zero-order chi connectivity index (χ0) is 31.6. The second-order valence-corrected chi connectivity index (χ2v) is 11.8. The molecule has 3 rings (SSSR count). The van der Waals surface area contributed by atoms with Gasteiger partial charge in [0.15, 0.2) is 0 Å². The van der Waals surface area contributed by atoms with Crippen molar-refractivity contribution in [1.29, 1.82) is 0 Å². The number of carbonyl (C=O) groups is 1. The van der Waals surface area contributed by atoms with Gasteiger partial charge in [0.2, 0.25) is 0 Å². The molecule has 0 saturated carbocycles. The van der Waals surface area contributed by atoms with E-state index >= 15 is 0 Å². The molecule has 0 aliphatic rings. The van der Waals surface area contributed by atoms with E-state index in [0.29, 0.717) is 5.75 Å². The van der Waals surface area contributed by atoms with Crippen molar-refractivity contribution in [2.45, 2.75) is 91.8 Å². The van der Waals surface area contributed by atoms with Gasteiger partial charge in [-0.05, 0) is 62.1 Å². The van der Waals surface area contributed by atoms with Crippen molar-refractivity contribution >= 4 is 16.9 Å². The van der Waals surface area contributed by atoms with Gasteiger partial charge in [-0.25, -0.2) is 4.79 Å². The Kier molecular flexibility index (Phi) is 12.2. The number of hydrogen-bond donors (Lipinski definition) is 0. The highest BCUT2D eigenvalue weighted by molar-refractivity contribution is 5.89. The molecule has 2 aromatic carbocycles. The standard InChI is InChI=1S/C35H46F3NO4/c1-7-9-11-13-26-14-17-29(32(19-26)41-6)31-20-27-15-16-28(21-30(27)39(31)18-12-10-8-2)42-23-34(5,22-35(36,37)38)24-43-33(40)25(3)4/h14-17,19-21H,3,7-13,18,22-24H2,1-2,4-6H3. The van der Waals surface area contributed by atoms with E-state index in [4.69, 9.17) is 14.2 Å². The molecular weight excluding hydrogens is 555 g/mol. The molecule has 43 heavy (non-hydrogen) atoms. The van der Waals surface area contributed by atoms with Crippen LogP contribution in [0.5, 0.6) is 11.5 Å². The van der Waals surface area contributed by atoms with Crippen LogP contribution in [-0.2, 0) is 22.5 Å². The van der Waals surface area contributed by atoms with Crippen LogP contribution in [0.25, 0.3) is 22.2 Å². The van der Waals surface area contributed by atoms with Gasteiger partial charge in [-0.3, -0.25) is 0 Å². The smallest absolute Gasteiger partial charge is 0.389 e. The molecule has 1 heterocycles. The van der Waals surface area contributed by atoms with E-state index in [-0.39, 0.29) is 12.2 Å². The molecular formula is C35H46F3NO4. The summed E-state index contributed by atoms with van der Waals surface area (Å²) in [6, 6.07) is 14.1. The fraction of sp³-hybridized carbons (Fsp3) is 0.514. The van der Waals surface area contributed by atoms with Crippen molar-refractivity contribution in [3.05, 3.63) is 60.2 Å². The molecule has 0 spiro atoms. The number of carbonyl (C=O) groups excluding carboxylic acids is 1. The third-order valence-electron chi connectivity index (χ3n) is 7.59. The van der Waals surface area contributed by atoms with Crippen molar-refractivity contribution in [3.8, 4) is 22.8 Å². The van der Waals surface area contributed by atoms with E-state index in [0.717, 1.165) is 66.6 Å². The predicted octanol–water partition coefficient (Wildman–Crippen LogP) is 9.70. The molecule has 0 aliphatic heterocycles. The quantitative estimate of drug-likeness (QED) is 0.0878. The van der Waals surface area contributed by atoms with Gasteiger partial charge in [-0.15, -0.1) is 0 Å². The van der Waals surface area contributed by atoms with E-state index in [1.54, 1.807) is 13.2 Å². The summed E-state index contributed by atoms with van der Waals surface area (Å²) in [6.45, 7) is 10.8. The molecule has 0 radical (unpaired) electrons. The first-order valence-electron chi connectivity index (χ1n) is 15.2. The Balaban J connectivity index is 1.95. The molecule has 1 aromatic heterocycles. The first kappa shape index (κ1) is 34.1. The zero-order valence-electron chi connectivity index (χ0n) is 26.2. The van der Waals surface area contributed by atoms with E-state index in [1.807, 2.05) is 12.1 Å². The van der Waals surface area contributed by atoms with Gasteiger partial charge in [-0.1, -0.05) is 59.1 Å². The largest absolute Gasteiger partial charge is 0.496 e. The zero-order valence-corrected chi connectivity index (χ0v) is 26.2. The lowest BCUT2D eigenvalue weighted by molar-refractivity contribution is -0.173. The molecule has 0 amide bonds. The second-order valence-electron chi connectivity index (χ2n) is 11.8. The van der Waals surface area contributed by atoms with Crippen LogP contribution in [0.3, 0.4) is 0 Å². The summed E-state index contributed by atoms with van der Waals surface area (Å²) in [6.07, 6.45) is 2.02. The van der Waals surface area contributed by atoms with Crippen LogP contribution in [0.1, 0.15) is 78.2 Å². The van der Waals surface area contributed by atoms with Crippen LogP contribution in [0, 0.1) is 5.41 Å². The number of unbranched alkanes of at least 4 members (excludes halogenated alkanes) is 4. The van der Waals surface area contributed by atoms with E-state index < -0.39 is 30.6 Å². The van der Waals surface area contributed by atoms with Crippen LogP contribution in [0.2, 0.25) is 0 Å². The maximum Gasteiger partial charge on any atom is 0.389 e. The predicted molar refractivity (Wildman–Crippen MR) is 167 cm³/mol. The number of halogens is 3. The summed E-state index contributed by atoms with van der Waals surface area (Å²) in [5.41, 5.74) is 2.85. The number of nitrogens with zero attached hydrogens (tertiary/aromatic N) is 1. The lowest BCUT2D eigenvalue weighted by Crippen LogP contribution is -2.36. The molecule has 3 aromatic rings. The Hall–Kier alpha value is -3.42. The van der Waals surface area contributed by atoms with Gasteiger partial charge in [0.1, 0.15) is 18.1 Å². The first-order chi connectivity index (χ1) is 20.4. The number of aromatic nitrogens is 1. The molecule has 0 fully saturated rings. The summed E-state index contributed by atoms with van der Waals surface area (Å²) >= 11 is 0. The third kappa shape index (κ3) is 9.80. The van der Waals surface area contributed by atoms with Crippen molar-refractivity contribution in [3.63, 3.8) is 0 Å². The minimum Gasteiger partial charge on any atom is -0.496 e. The number of esters is 1. The number of fused-ring (bicyclic) bond motifs is 1. The van der Waals surface area contributed by atoms with Gasteiger partial charge >= 0.3 is 12.1 Å². The van der Waals surface area contributed by atoms with Crippen molar-refractivity contribution < 1.29 is 32.2 Å². The van der Waals surface area contributed by atoms with Gasteiger partial charge in [0, 0.05) is 34.5 Å². The lowest BCUT2D eigenvalue weighted by atomic mass is 9.88. The van der Waals surface area contributed by atoms with Crippen molar-refractivity contribution in [2.75, 3.05) is 20.3 Å². The highest BCUT2D eigenvalue weighted by Gasteiger charge is 2.41. The monoisotopic (exact) mass is 601 g/mol. The van der Waals surface area contributed by atoms with Crippen LogP contribution in [0.4, 0.5) is 13.2 Å². The minimum absolute atomic E-state index is 0.128. The molecule has 5 nitrogen and oxygen atoms in total. The highest BCUT2D eigenvalue weighted by atomic mass is 19.4. The summed E-state index contributed by atoms with van der Waals surface area (Å²) in [5, 5.41) is 1.00. The maximum absolute atomic E-state index is 13.5. The van der Waals surface area contributed by atoms with Gasteiger partial charge in [0.25, 0.3) is 0 Å². The van der Waals surface area contributed by atoms with Crippen LogP contribution in [-0.4, -0.2) is 37.0 Å². The van der Waals surface area contributed by atoms with Crippen molar-refractivity contribution in [2.24, 2.45) is 5.41 Å². The Morgan fingerprint density at radius 1 is 0.953 bits per heavy atom. The highest BCUT2D eigenvalue weighted by Crippen LogP contribution is 2.38. The van der Waals surface area contributed by atoms with Gasteiger partial charge in [-0.2, -0.15) is 13.2 Å². The fourth-order valence-electron chi connectivity index (χ4n) is 5.24. The Labute approximate surface area is 254 Å². The number of aryl methyl sites for hydroxylation is 2. The summed E-state index contributed by atoms with van der Waals surface area (Å²) < 4.78 is 59.6. The molecule has 8 heteroatoms. The maximum atomic E-state index is 13.5. The Morgan fingerprint density at radius 2 is 1.67 bits per heavy atom.